The second-order valence-corrected chi connectivity index (χ2v) is 5.75. The number of hydrogen-bond acceptors (Lipinski definition) is 3. The van der Waals surface area contributed by atoms with E-state index >= 15 is 0 Å². The number of piperidine rings is 1. The molecule has 0 unspecified atom stereocenters. The molecule has 0 spiro atoms. The van der Waals surface area contributed by atoms with Crippen molar-refractivity contribution in [3.63, 3.8) is 0 Å². The molecule has 0 amide bonds. The van der Waals surface area contributed by atoms with Gasteiger partial charge in [-0.3, -0.25) is 4.98 Å². The van der Waals surface area contributed by atoms with Crippen LogP contribution in [0.5, 0.6) is 0 Å². The first-order chi connectivity index (χ1) is 9.07. The zero-order valence-corrected chi connectivity index (χ0v) is 12.6. The van der Waals surface area contributed by atoms with Gasteiger partial charge in [-0.2, -0.15) is 0 Å². The van der Waals surface area contributed by atoms with Crippen LogP contribution in [0, 0.1) is 6.92 Å². The molecule has 3 heteroatoms. The smallest absolute Gasteiger partial charge is 0.0970 e. The van der Waals surface area contributed by atoms with Crippen LogP contribution in [0.4, 0.5) is 0 Å². The molecule has 0 atom stereocenters. The Kier molecular flexibility index (Phi) is 4.58. The molecule has 1 fully saturated rings. The van der Waals surface area contributed by atoms with E-state index in [1.807, 2.05) is 13.1 Å². The highest BCUT2D eigenvalue weighted by atomic mass is 16.5. The van der Waals surface area contributed by atoms with E-state index in [4.69, 9.17) is 4.74 Å². The van der Waals surface area contributed by atoms with Gasteiger partial charge in [-0.1, -0.05) is 6.07 Å². The Labute approximate surface area is 117 Å². The Hall–Kier alpha value is -0.930. The average molecular weight is 262 g/mol. The number of likely N-dealkylation sites (tertiary alicyclic amines) is 1. The number of aryl methyl sites for hydroxylation is 1. The molecule has 0 radical (unpaired) electrons. The Balaban J connectivity index is 2.18. The lowest BCUT2D eigenvalue weighted by molar-refractivity contribution is -0.0888. The predicted octanol–water partition coefficient (Wildman–Crippen LogP) is 3.13. The minimum atomic E-state index is -0.124. The molecule has 1 aliphatic heterocycles. The molecule has 0 aliphatic carbocycles. The van der Waals surface area contributed by atoms with E-state index in [1.54, 1.807) is 0 Å². The van der Waals surface area contributed by atoms with Crippen molar-refractivity contribution < 1.29 is 4.74 Å². The summed E-state index contributed by atoms with van der Waals surface area (Å²) in [5.74, 6) is 0. The van der Waals surface area contributed by atoms with Crippen molar-refractivity contribution in [1.82, 2.24) is 9.88 Å². The van der Waals surface area contributed by atoms with Gasteiger partial charge in [0.1, 0.15) is 0 Å². The van der Waals surface area contributed by atoms with Crippen molar-refractivity contribution in [2.24, 2.45) is 0 Å². The van der Waals surface area contributed by atoms with Crippen LogP contribution in [0.2, 0.25) is 0 Å². The number of rotatable bonds is 4. The lowest BCUT2D eigenvalue weighted by Gasteiger charge is -2.43. The maximum atomic E-state index is 6.16. The molecular formula is C16H26N2O. The number of pyridine rings is 1. The summed E-state index contributed by atoms with van der Waals surface area (Å²) < 4.78 is 6.16. The molecule has 3 nitrogen and oxygen atoms in total. The molecule has 106 valence electrons. The van der Waals surface area contributed by atoms with Crippen molar-refractivity contribution in [2.75, 3.05) is 19.7 Å². The Morgan fingerprint density at radius 3 is 2.47 bits per heavy atom. The van der Waals surface area contributed by atoms with Crippen LogP contribution in [0.15, 0.2) is 18.3 Å². The zero-order valence-electron chi connectivity index (χ0n) is 12.6. The van der Waals surface area contributed by atoms with Gasteiger partial charge in [-0.05, 0) is 46.6 Å². The third kappa shape index (κ3) is 3.15. The molecule has 2 heterocycles. The van der Waals surface area contributed by atoms with Gasteiger partial charge in [-0.15, -0.1) is 0 Å². The van der Waals surface area contributed by atoms with Gasteiger partial charge in [-0.25, -0.2) is 0 Å². The molecule has 19 heavy (non-hydrogen) atoms. The fourth-order valence-electron chi connectivity index (χ4n) is 2.93. The molecule has 0 saturated carbocycles. The second kappa shape index (κ2) is 6.02. The highest BCUT2D eigenvalue weighted by Crippen LogP contribution is 2.37. The highest BCUT2D eigenvalue weighted by molar-refractivity contribution is 5.22. The molecule has 1 aromatic rings. The Morgan fingerprint density at radius 1 is 1.32 bits per heavy atom. The first kappa shape index (κ1) is 14.5. The second-order valence-electron chi connectivity index (χ2n) is 5.75. The standard InChI is InChI=1S/C16H26N2O/c1-5-19-16(15-7-6-14(4)17-12-15)8-10-18(11-9-16)13(2)3/h6-7,12-13H,5,8-11H2,1-4H3. The summed E-state index contributed by atoms with van der Waals surface area (Å²) in [5, 5.41) is 0. The first-order valence-corrected chi connectivity index (χ1v) is 7.38. The van der Waals surface area contributed by atoms with Crippen LogP contribution >= 0.6 is 0 Å². The predicted molar refractivity (Wildman–Crippen MR) is 78.2 cm³/mol. The SMILES string of the molecule is CCOC1(c2ccc(C)nc2)CCN(C(C)C)CC1. The Morgan fingerprint density at radius 2 is 2.00 bits per heavy atom. The van der Waals surface area contributed by atoms with Gasteiger partial charge in [0.05, 0.1) is 5.60 Å². The summed E-state index contributed by atoms with van der Waals surface area (Å²) in [6.07, 6.45) is 4.11. The zero-order chi connectivity index (χ0) is 13.9. The highest BCUT2D eigenvalue weighted by Gasteiger charge is 2.37. The van der Waals surface area contributed by atoms with Crippen LogP contribution in [-0.4, -0.2) is 35.6 Å². The van der Waals surface area contributed by atoms with E-state index in [9.17, 15) is 0 Å². The fraction of sp³-hybridized carbons (Fsp3) is 0.688. The topological polar surface area (TPSA) is 25.4 Å². The van der Waals surface area contributed by atoms with Crippen LogP contribution < -0.4 is 0 Å². The van der Waals surface area contributed by atoms with Gasteiger partial charge >= 0.3 is 0 Å². The lowest BCUT2D eigenvalue weighted by Crippen LogP contribution is -2.46. The largest absolute Gasteiger partial charge is 0.370 e. The van der Waals surface area contributed by atoms with Gasteiger partial charge < -0.3 is 9.64 Å². The molecule has 0 N–H and O–H groups in total. The summed E-state index contributed by atoms with van der Waals surface area (Å²) in [5.41, 5.74) is 2.18. The molecule has 1 aliphatic rings. The molecular weight excluding hydrogens is 236 g/mol. The normalized spacial score (nSPS) is 19.8. The summed E-state index contributed by atoms with van der Waals surface area (Å²) in [4.78, 5) is 6.97. The van der Waals surface area contributed by atoms with Crippen molar-refractivity contribution in [1.29, 1.82) is 0 Å². The minimum absolute atomic E-state index is 0.124. The first-order valence-electron chi connectivity index (χ1n) is 7.38. The summed E-state index contributed by atoms with van der Waals surface area (Å²) in [6, 6.07) is 4.89. The molecule has 0 bridgehead atoms. The summed E-state index contributed by atoms with van der Waals surface area (Å²) >= 11 is 0. The maximum absolute atomic E-state index is 6.16. The van der Waals surface area contributed by atoms with E-state index in [2.05, 4.69) is 42.8 Å². The molecule has 1 saturated heterocycles. The van der Waals surface area contributed by atoms with Gasteiger partial charge in [0.25, 0.3) is 0 Å². The third-order valence-electron chi connectivity index (χ3n) is 4.19. The van der Waals surface area contributed by atoms with Crippen LogP contribution in [0.25, 0.3) is 0 Å². The minimum Gasteiger partial charge on any atom is -0.370 e. The summed E-state index contributed by atoms with van der Waals surface area (Å²) in [7, 11) is 0. The van der Waals surface area contributed by atoms with Crippen molar-refractivity contribution in [3.8, 4) is 0 Å². The van der Waals surface area contributed by atoms with E-state index in [-0.39, 0.29) is 5.60 Å². The van der Waals surface area contributed by atoms with Crippen molar-refractivity contribution in [2.45, 2.75) is 52.2 Å². The Bertz CT molecular complexity index is 392. The molecule has 1 aromatic heterocycles. The monoisotopic (exact) mass is 262 g/mol. The molecule has 0 aromatic carbocycles. The van der Waals surface area contributed by atoms with Crippen molar-refractivity contribution >= 4 is 0 Å². The van der Waals surface area contributed by atoms with E-state index in [0.29, 0.717) is 6.04 Å². The van der Waals surface area contributed by atoms with Crippen LogP contribution in [0.3, 0.4) is 0 Å². The maximum Gasteiger partial charge on any atom is 0.0970 e. The van der Waals surface area contributed by atoms with Crippen LogP contribution in [0.1, 0.15) is 44.9 Å². The van der Waals surface area contributed by atoms with Crippen molar-refractivity contribution in [3.05, 3.63) is 29.6 Å². The van der Waals surface area contributed by atoms with Crippen LogP contribution in [-0.2, 0) is 10.3 Å². The van der Waals surface area contributed by atoms with E-state index < -0.39 is 0 Å². The molecule has 2 rings (SSSR count). The number of hydrogen-bond donors (Lipinski definition) is 0. The van der Waals surface area contributed by atoms with Gasteiger partial charge in [0.15, 0.2) is 0 Å². The number of aromatic nitrogens is 1. The third-order valence-corrected chi connectivity index (χ3v) is 4.19. The average Bonchev–Trinajstić information content (AvgIpc) is 2.40. The number of nitrogens with zero attached hydrogens (tertiary/aromatic N) is 2. The van der Waals surface area contributed by atoms with Gasteiger partial charge in [0.2, 0.25) is 0 Å². The summed E-state index contributed by atoms with van der Waals surface area (Å²) in [6.45, 7) is 11.6. The fourth-order valence-corrected chi connectivity index (χ4v) is 2.93. The van der Waals surface area contributed by atoms with Gasteiger partial charge in [0, 0.05) is 43.2 Å². The number of ether oxygens (including phenoxy) is 1. The quantitative estimate of drug-likeness (QED) is 0.833. The van der Waals surface area contributed by atoms with E-state index in [1.165, 1.54) is 5.56 Å². The van der Waals surface area contributed by atoms with E-state index in [0.717, 1.165) is 38.2 Å². The lowest BCUT2D eigenvalue weighted by atomic mass is 9.84.